The number of nitrogens with zero attached hydrogens (tertiary/aromatic N) is 2. The van der Waals surface area contributed by atoms with Gasteiger partial charge in [0.25, 0.3) is 11.8 Å². The van der Waals surface area contributed by atoms with Crippen molar-refractivity contribution in [1.82, 2.24) is 31.5 Å². The predicted octanol–water partition coefficient (Wildman–Crippen LogP) is 1.88. The van der Waals surface area contributed by atoms with Gasteiger partial charge in [0.15, 0.2) is 0 Å². The molecule has 330 valence electrons. The molecule has 0 fully saturated rings. The first-order valence-electron chi connectivity index (χ1n) is 20.8. The summed E-state index contributed by atoms with van der Waals surface area (Å²) in [7, 11) is 3.71. The van der Waals surface area contributed by atoms with E-state index in [-0.39, 0.29) is 57.6 Å². The average molecular weight is 839 g/mol. The molecule has 6 amide bonds. The zero-order valence-corrected chi connectivity index (χ0v) is 35.0. The van der Waals surface area contributed by atoms with Crippen LogP contribution in [-0.2, 0) is 28.8 Å². The number of aliphatic carboxylic acids is 2. The number of anilines is 1. The fraction of sp³-hybridized carbons (Fsp3) is 0.571. The molecule has 0 bridgehead atoms. The lowest BCUT2D eigenvalue weighted by Gasteiger charge is -2.30. The van der Waals surface area contributed by atoms with E-state index < -0.39 is 59.6 Å². The van der Waals surface area contributed by atoms with Crippen molar-refractivity contribution in [1.29, 1.82) is 0 Å². The molecule has 1 aliphatic heterocycles. The minimum atomic E-state index is -1.40. The summed E-state index contributed by atoms with van der Waals surface area (Å²) in [6.07, 6.45) is 7.25. The molecule has 18 heteroatoms. The average Bonchev–Trinajstić information content (AvgIpc) is 3.20. The summed E-state index contributed by atoms with van der Waals surface area (Å²) in [6.45, 7) is 2.30. The fourth-order valence-corrected chi connectivity index (χ4v) is 6.89. The molecule has 0 aromatic heterocycles. The molecule has 18 nitrogen and oxygen atoms in total. The standard InChI is InChI=1S/C42H62N8O10/c1-4-5-6-7-8-9-10-15-34(51)45-24-23-44-26-30(43)38(55)48-31(39(56)46-22-20-32(42(59)60)47-35(52)16-12-17-36(53)54)21-25-50-40(57)28-14-11-13-27-33(49(2)3)19-18-29(37(27)28)41(50)58/h11,13-14,18-19,30-32,44H,4-10,12,15-17,20-26,43H2,1-3H3,(H,45,51)(H,46,56)(H,47,52)(H,48,55)(H,53,54)(H,59,60)/t30?,31-,32-/m1/s1. The Labute approximate surface area is 350 Å². The third kappa shape index (κ3) is 15.2. The number of carboxylic acids is 2. The zero-order chi connectivity index (χ0) is 44.2. The molecule has 3 rings (SSSR count). The molecule has 1 aliphatic rings. The summed E-state index contributed by atoms with van der Waals surface area (Å²) in [6, 6.07) is 4.74. The minimum absolute atomic E-state index is 0.000912. The molecule has 0 saturated carbocycles. The van der Waals surface area contributed by atoms with Gasteiger partial charge in [-0.05, 0) is 43.9 Å². The number of rotatable bonds is 29. The number of hydrogen-bond acceptors (Lipinski definition) is 11. The van der Waals surface area contributed by atoms with Crippen molar-refractivity contribution in [2.75, 3.05) is 51.7 Å². The molecule has 60 heavy (non-hydrogen) atoms. The van der Waals surface area contributed by atoms with E-state index in [1.807, 2.05) is 25.1 Å². The van der Waals surface area contributed by atoms with Gasteiger partial charge < -0.3 is 47.4 Å². The lowest BCUT2D eigenvalue weighted by molar-refractivity contribution is -0.142. The highest BCUT2D eigenvalue weighted by atomic mass is 16.4. The Morgan fingerprint density at radius 1 is 0.717 bits per heavy atom. The van der Waals surface area contributed by atoms with Crippen LogP contribution in [0.2, 0.25) is 0 Å². The van der Waals surface area contributed by atoms with E-state index in [0.717, 1.165) is 35.2 Å². The maximum absolute atomic E-state index is 13.8. The van der Waals surface area contributed by atoms with Crippen LogP contribution >= 0.6 is 0 Å². The Bertz CT molecular complexity index is 1810. The molecular weight excluding hydrogens is 777 g/mol. The smallest absolute Gasteiger partial charge is 0.326 e. The molecule has 0 spiro atoms. The topological polar surface area (TPSA) is 270 Å². The number of carbonyl (C=O) groups is 8. The highest BCUT2D eigenvalue weighted by molar-refractivity contribution is 6.26. The number of carbonyl (C=O) groups excluding carboxylic acids is 6. The van der Waals surface area contributed by atoms with E-state index in [9.17, 15) is 43.5 Å². The predicted molar refractivity (Wildman–Crippen MR) is 225 cm³/mol. The van der Waals surface area contributed by atoms with Crippen molar-refractivity contribution < 1.29 is 48.6 Å². The van der Waals surface area contributed by atoms with Gasteiger partial charge in [-0.2, -0.15) is 0 Å². The van der Waals surface area contributed by atoms with Gasteiger partial charge in [-0.25, -0.2) is 4.79 Å². The van der Waals surface area contributed by atoms with E-state index in [1.165, 1.54) is 25.7 Å². The zero-order valence-electron chi connectivity index (χ0n) is 35.0. The lowest BCUT2D eigenvalue weighted by Crippen LogP contribution is -2.55. The quantitative estimate of drug-likeness (QED) is 0.0430. The van der Waals surface area contributed by atoms with Gasteiger partial charge in [0.2, 0.25) is 23.6 Å². The summed E-state index contributed by atoms with van der Waals surface area (Å²) >= 11 is 0. The Hall–Kier alpha value is -5.62. The lowest BCUT2D eigenvalue weighted by atomic mass is 9.92. The fourth-order valence-electron chi connectivity index (χ4n) is 6.89. The summed E-state index contributed by atoms with van der Waals surface area (Å²) in [4.78, 5) is 104. The second-order valence-corrected chi connectivity index (χ2v) is 15.2. The third-order valence-corrected chi connectivity index (χ3v) is 10.2. The van der Waals surface area contributed by atoms with E-state index in [2.05, 4.69) is 33.5 Å². The van der Waals surface area contributed by atoms with Crippen molar-refractivity contribution in [3.05, 3.63) is 41.5 Å². The molecule has 9 N–H and O–H groups in total. The first-order chi connectivity index (χ1) is 28.7. The molecule has 2 aromatic rings. The maximum Gasteiger partial charge on any atom is 0.326 e. The summed E-state index contributed by atoms with van der Waals surface area (Å²) in [5, 5.41) is 33.0. The maximum atomic E-state index is 13.8. The van der Waals surface area contributed by atoms with Crippen LogP contribution in [0.15, 0.2) is 30.3 Å². The number of amides is 6. The van der Waals surface area contributed by atoms with Gasteiger partial charge in [0, 0.05) is 93.7 Å². The number of benzene rings is 2. The van der Waals surface area contributed by atoms with Gasteiger partial charge in [-0.15, -0.1) is 0 Å². The molecule has 1 heterocycles. The molecule has 3 atom stereocenters. The van der Waals surface area contributed by atoms with Crippen molar-refractivity contribution >= 4 is 63.8 Å². The van der Waals surface area contributed by atoms with Crippen molar-refractivity contribution in [3.63, 3.8) is 0 Å². The van der Waals surface area contributed by atoms with E-state index in [0.29, 0.717) is 36.0 Å². The van der Waals surface area contributed by atoms with Crippen LogP contribution in [0.4, 0.5) is 5.69 Å². The Morgan fingerprint density at radius 3 is 2.05 bits per heavy atom. The van der Waals surface area contributed by atoms with Crippen LogP contribution in [0, 0.1) is 0 Å². The van der Waals surface area contributed by atoms with E-state index in [4.69, 9.17) is 10.8 Å². The molecule has 0 radical (unpaired) electrons. The second kappa shape index (κ2) is 25.1. The number of imide groups is 1. The van der Waals surface area contributed by atoms with Crippen LogP contribution in [-0.4, -0.2) is 127 Å². The molecule has 0 aliphatic carbocycles. The highest BCUT2D eigenvalue weighted by Crippen LogP contribution is 2.35. The van der Waals surface area contributed by atoms with Gasteiger partial charge in [-0.1, -0.05) is 57.6 Å². The number of nitrogens with one attached hydrogen (secondary N) is 5. The second-order valence-electron chi connectivity index (χ2n) is 15.2. The normalized spacial score (nSPS) is 13.6. The van der Waals surface area contributed by atoms with Crippen LogP contribution in [0.3, 0.4) is 0 Å². The highest BCUT2D eigenvalue weighted by Gasteiger charge is 2.35. The van der Waals surface area contributed by atoms with E-state index in [1.54, 1.807) is 24.3 Å². The number of unbranched alkanes of at least 4 members (excludes halogenated alkanes) is 6. The van der Waals surface area contributed by atoms with Gasteiger partial charge >= 0.3 is 11.9 Å². The van der Waals surface area contributed by atoms with Crippen molar-refractivity contribution in [3.8, 4) is 0 Å². The summed E-state index contributed by atoms with van der Waals surface area (Å²) in [5.74, 6) is -5.80. The Kier molecular flexibility index (Phi) is 20.4. The minimum Gasteiger partial charge on any atom is -0.481 e. The Balaban J connectivity index is 1.62. The van der Waals surface area contributed by atoms with Crippen LogP contribution in [0.5, 0.6) is 0 Å². The van der Waals surface area contributed by atoms with Gasteiger partial charge in [0.05, 0.1) is 6.04 Å². The summed E-state index contributed by atoms with van der Waals surface area (Å²) in [5.41, 5.74) is 7.60. The number of hydrogen-bond donors (Lipinski definition) is 8. The molecular formula is C42H62N8O10. The largest absolute Gasteiger partial charge is 0.481 e. The molecule has 0 saturated heterocycles. The summed E-state index contributed by atoms with van der Waals surface area (Å²) < 4.78 is 0. The monoisotopic (exact) mass is 838 g/mol. The first kappa shape index (κ1) is 48.7. The van der Waals surface area contributed by atoms with Crippen LogP contribution in [0.1, 0.15) is 111 Å². The first-order valence-corrected chi connectivity index (χ1v) is 20.8. The molecule has 2 aromatic carbocycles. The van der Waals surface area contributed by atoms with Gasteiger partial charge in [0.1, 0.15) is 12.1 Å². The SMILES string of the molecule is CCCCCCCCCC(=O)NCCNCC(N)C(=O)N[C@H](CCN1C(=O)c2cccc3c(N(C)C)ccc(c23)C1=O)C(=O)NCC[C@@H](NC(=O)CCCC(=O)O)C(=O)O. The van der Waals surface area contributed by atoms with Crippen LogP contribution in [0.25, 0.3) is 10.8 Å². The number of nitrogens with two attached hydrogens (primary N) is 1. The van der Waals surface area contributed by atoms with Crippen LogP contribution < -0.4 is 37.2 Å². The van der Waals surface area contributed by atoms with E-state index >= 15 is 0 Å². The Morgan fingerprint density at radius 2 is 1.38 bits per heavy atom. The third-order valence-electron chi connectivity index (χ3n) is 10.2. The van der Waals surface area contributed by atoms with Crippen molar-refractivity contribution in [2.45, 2.75) is 109 Å². The van der Waals surface area contributed by atoms with Crippen molar-refractivity contribution in [2.24, 2.45) is 5.73 Å². The number of carboxylic acid groups (broad SMARTS) is 2. The molecule has 1 unspecified atom stereocenters. The van der Waals surface area contributed by atoms with Gasteiger partial charge in [-0.3, -0.25) is 38.5 Å².